The summed E-state index contributed by atoms with van der Waals surface area (Å²) < 4.78 is 0. The molecule has 1 aliphatic rings. The zero-order valence-electron chi connectivity index (χ0n) is 11.1. The number of amides is 1. The topological polar surface area (TPSA) is 20.3 Å². The molecule has 0 atom stereocenters. The number of likely N-dealkylation sites (N-methyl/N-ethyl adjacent to an activating group) is 1. The Bertz CT molecular complexity index is 320. The summed E-state index contributed by atoms with van der Waals surface area (Å²) in [7, 11) is 1.85. The van der Waals surface area contributed by atoms with Crippen molar-refractivity contribution >= 4 is 5.91 Å². The number of carbonyl (C=O) groups is 1. The van der Waals surface area contributed by atoms with Crippen molar-refractivity contribution in [2.75, 3.05) is 7.05 Å². The van der Waals surface area contributed by atoms with E-state index in [4.69, 9.17) is 0 Å². The van der Waals surface area contributed by atoms with E-state index >= 15 is 0 Å². The monoisotopic (exact) mass is 221 g/mol. The van der Waals surface area contributed by atoms with Crippen LogP contribution in [0, 0.1) is 0 Å². The molecule has 0 aromatic heterocycles. The summed E-state index contributed by atoms with van der Waals surface area (Å²) >= 11 is 0. The van der Waals surface area contributed by atoms with Crippen LogP contribution < -0.4 is 0 Å². The van der Waals surface area contributed by atoms with Crippen LogP contribution >= 0.6 is 0 Å². The van der Waals surface area contributed by atoms with Gasteiger partial charge in [-0.3, -0.25) is 4.79 Å². The molecule has 0 bridgehead atoms. The second-order valence-electron chi connectivity index (χ2n) is 3.20. The first-order valence-corrected chi connectivity index (χ1v) is 6.08. The number of hydrogen-bond acceptors (Lipinski definition) is 1. The van der Waals surface area contributed by atoms with E-state index in [2.05, 4.69) is 6.07 Å². The van der Waals surface area contributed by atoms with E-state index < -0.39 is 0 Å². The van der Waals surface area contributed by atoms with Gasteiger partial charge < -0.3 is 4.90 Å². The van der Waals surface area contributed by atoms with Crippen LogP contribution in [0.4, 0.5) is 0 Å². The van der Waals surface area contributed by atoms with Crippen molar-refractivity contribution in [1.29, 1.82) is 0 Å². The van der Waals surface area contributed by atoms with E-state index in [9.17, 15) is 4.79 Å². The van der Waals surface area contributed by atoms with Crippen molar-refractivity contribution < 1.29 is 4.79 Å². The van der Waals surface area contributed by atoms with Gasteiger partial charge in [-0.1, -0.05) is 52.0 Å². The maximum Gasteiger partial charge on any atom is 0.227 e. The van der Waals surface area contributed by atoms with Gasteiger partial charge in [0.05, 0.1) is 6.42 Å². The Labute approximate surface area is 99.3 Å². The molecule has 0 aliphatic carbocycles. The van der Waals surface area contributed by atoms with Crippen molar-refractivity contribution in [2.24, 2.45) is 0 Å². The van der Waals surface area contributed by atoms with E-state index in [0.717, 1.165) is 6.54 Å². The number of carbonyl (C=O) groups excluding carboxylic acids is 1. The third-order valence-electron chi connectivity index (χ3n) is 2.29. The molecule has 0 N–H and O–H groups in total. The van der Waals surface area contributed by atoms with Gasteiger partial charge in [0.2, 0.25) is 5.91 Å². The molecule has 1 aromatic carbocycles. The molecule has 0 spiro atoms. The largest absolute Gasteiger partial charge is 0.341 e. The highest BCUT2D eigenvalue weighted by Gasteiger charge is 2.18. The first-order chi connectivity index (χ1) is 7.77. The molecule has 90 valence electrons. The van der Waals surface area contributed by atoms with Crippen molar-refractivity contribution in [2.45, 2.75) is 40.7 Å². The van der Waals surface area contributed by atoms with Gasteiger partial charge in [0.25, 0.3) is 0 Å². The zero-order chi connectivity index (χ0) is 12.6. The SMILES string of the molecule is CC.CC.CN1Cc2ccccc2CC1=O. The Balaban J connectivity index is 0.000000509. The Morgan fingerprint density at radius 2 is 1.50 bits per heavy atom. The van der Waals surface area contributed by atoms with E-state index in [1.165, 1.54) is 11.1 Å². The van der Waals surface area contributed by atoms with E-state index in [1.807, 2.05) is 52.9 Å². The van der Waals surface area contributed by atoms with Gasteiger partial charge >= 0.3 is 0 Å². The molecule has 2 heteroatoms. The minimum absolute atomic E-state index is 0.216. The normalized spacial score (nSPS) is 12.8. The zero-order valence-corrected chi connectivity index (χ0v) is 11.1. The maximum absolute atomic E-state index is 11.3. The fraction of sp³-hybridized carbons (Fsp3) is 0.500. The van der Waals surface area contributed by atoms with Crippen LogP contribution in [-0.4, -0.2) is 17.9 Å². The van der Waals surface area contributed by atoms with Crippen molar-refractivity contribution in [3.05, 3.63) is 35.4 Å². The molecule has 1 aromatic rings. The second kappa shape index (κ2) is 7.91. The van der Waals surface area contributed by atoms with Gasteiger partial charge in [-0.15, -0.1) is 0 Å². The predicted molar refractivity (Wildman–Crippen MR) is 69.3 cm³/mol. The smallest absolute Gasteiger partial charge is 0.227 e. The third-order valence-corrected chi connectivity index (χ3v) is 2.29. The standard InChI is InChI=1S/C10H11NO.2C2H6/c1-11-7-9-5-3-2-4-8(9)6-10(11)12;2*1-2/h2-5H,6-7H2,1H3;2*1-2H3. The van der Waals surface area contributed by atoms with E-state index in [1.54, 1.807) is 4.90 Å². The minimum atomic E-state index is 0.216. The molecule has 0 unspecified atom stereocenters. The Morgan fingerprint density at radius 3 is 2.06 bits per heavy atom. The molecule has 1 amide bonds. The van der Waals surface area contributed by atoms with E-state index in [0.29, 0.717) is 6.42 Å². The molecule has 16 heavy (non-hydrogen) atoms. The van der Waals surface area contributed by atoms with E-state index in [-0.39, 0.29) is 5.91 Å². The van der Waals surface area contributed by atoms with Gasteiger partial charge in [-0.05, 0) is 11.1 Å². The second-order valence-corrected chi connectivity index (χ2v) is 3.20. The van der Waals surface area contributed by atoms with Crippen LogP contribution in [0.3, 0.4) is 0 Å². The molecular weight excluding hydrogens is 198 g/mol. The highest BCUT2D eigenvalue weighted by atomic mass is 16.2. The van der Waals surface area contributed by atoms with Crippen LogP contribution in [0.2, 0.25) is 0 Å². The molecule has 2 nitrogen and oxygen atoms in total. The molecule has 0 saturated heterocycles. The van der Waals surface area contributed by atoms with Gasteiger partial charge in [0, 0.05) is 13.6 Å². The number of fused-ring (bicyclic) bond motifs is 1. The highest BCUT2D eigenvalue weighted by molar-refractivity contribution is 5.80. The lowest BCUT2D eigenvalue weighted by Crippen LogP contribution is -2.32. The molecule has 1 heterocycles. The van der Waals surface area contributed by atoms with Crippen LogP contribution in [0.15, 0.2) is 24.3 Å². The number of rotatable bonds is 0. The summed E-state index contributed by atoms with van der Waals surface area (Å²) in [6, 6.07) is 8.11. The molecule has 0 saturated carbocycles. The average Bonchev–Trinajstić information content (AvgIpc) is 2.36. The van der Waals surface area contributed by atoms with Crippen molar-refractivity contribution in [3.63, 3.8) is 0 Å². The fourth-order valence-electron chi connectivity index (χ4n) is 1.53. The number of benzene rings is 1. The first kappa shape index (κ1) is 14.7. The lowest BCUT2D eigenvalue weighted by atomic mass is 10.00. The Morgan fingerprint density at radius 1 is 1.00 bits per heavy atom. The van der Waals surface area contributed by atoms with Crippen LogP contribution in [0.1, 0.15) is 38.8 Å². The fourth-order valence-corrected chi connectivity index (χ4v) is 1.53. The summed E-state index contributed by atoms with van der Waals surface area (Å²) in [6.45, 7) is 8.76. The van der Waals surface area contributed by atoms with Crippen LogP contribution in [0.5, 0.6) is 0 Å². The maximum atomic E-state index is 11.3. The number of hydrogen-bond donors (Lipinski definition) is 0. The lowest BCUT2D eigenvalue weighted by Gasteiger charge is -2.24. The summed E-state index contributed by atoms with van der Waals surface area (Å²) in [4.78, 5) is 13.0. The minimum Gasteiger partial charge on any atom is -0.341 e. The average molecular weight is 221 g/mol. The summed E-state index contributed by atoms with van der Waals surface area (Å²) in [5.74, 6) is 0.216. The highest BCUT2D eigenvalue weighted by Crippen LogP contribution is 2.17. The van der Waals surface area contributed by atoms with Crippen molar-refractivity contribution in [3.8, 4) is 0 Å². The van der Waals surface area contributed by atoms with Crippen molar-refractivity contribution in [1.82, 2.24) is 4.90 Å². The third kappa shape index (κ3) is 3.69. The molecule has 2 rings (SSSR count). The lowest BCUT2D eigenvalue weighted by molar-refractivity contribution is -0.130. The first-order valence-electron chi connectivity index (χ1n) is 6.08. The van der Waals surface area contributed by atoms with Gasteiger partial charge in [0.1, 0.15) is 0 Å². The van der Waals surface area contributed by atoms with Crippen LogP contribution in [-0.2, 0) is 17.8 Å². The summed E-state index contributed by atoms with van der Waals surface area (Å²) in [5.41, 5.74) is 2.46. The van der Waals surface area contributed by atoms with Gasteiger partial charge in [-0.25, -0.2) is 0 Å². The van der Waals surface area contributed by atoms with Crippen LogP contribution in [0.25, 0.3) is 0 Å². The quantitative estimate of drug-likeness (QED) is 0.658. The molecular formula is C14H23NO. The van der Waals surface area contributed by atoms with Gasteiger partial charge in [-0.2, -0.15) is 0 Å². The Hall–Kier alpha value is -1.31. The number of nitrogens with zero attached hydrogens (tertiary/aromatic N) is 1. The molecule has 0 radical (unpaired) electrons. The van der Waals surface area contributed by atoms with Gasteiger partial charge in [0.15, 0.2) is 0 Å². The summed E-state index contributed by atoms with van der Waals surface area (Å²) in [6.07, 6.45) is 0.562. The predicted octanol–water partition coefficient (Wildman–Crippen LogP) is 3.25. The molecule has 1 aliphatic heterocycles. The Kier molecular flexibility index (Phi) is 7.27. The molecule has 0 fully saturated rings. The summed E-state index contributed by atoms with van der Waals surface area (Å²) in [5, 5.41) is 0.